The Hall–Kier alpha value is -0.340. The molecule has 2 rings (SSSR count). The molecular formula is C10H15NS. The predicted molar refractivity (Wildman–Crippen MR) is 53.5 cm³/mol. The molecule has 0 bridgehead atoms. The van der Waals surface area contributed by atoms with E-state index in [1.54, 1.807) is 10.4 Å². The summed E-state index contributed by atoms with van der Waals surface area (Å²) in [4.78, 5) is 1.60. The number of thiophene rings is 1. The molecule has 1 aliphatic carbocycles. The van der Waals surface area contributed by atoms with Crippen molar-refractivity contribution in [2.75, 3.05) is 0 Å². The largest absolute Gasteiger partial charge is 0.326 e. The van der Waals surface area contributed by atoms with E-state index in [2.05, 4.69) is 5.38 Å². The maximum atomic E-state index is 5.68. The zero-order valence-corrected chi connectivity index (χ0v) is 8.12. The molecule has 0 spiro atoms. The van der Waals surface area contributed by atoms with Crippen LogP contribution in [0.1, 0.15) is 35.3 Å². The molecule has 1 aliphatic rings. The first kappa shape index (κ1) is 8.27. The maximum absolute atomic E-state index is 5.68. The monoisotopic (exact) mass is 181 g/mol. The van der Waals surface area contributed by atoms with Crippen molar-refractivity contribution in [1.29, 1.82) is 0 Å². The van der Waals surface area contributed by atoms with Gasteiger partial charge in [-0.1, -0.05) is 6.42 Å². The average molecular weight is 181 g/mol. The Balaban J connectivity index is 2.32. The summed E-state index contributed by atoms with van der Waals surface area (Å²) in [7, 11) is 0. The van der Waals surface area contributed by atoms with Gasteiger partial charge in [-0.2, -0.15) is 0 Å². The van der Waals surface area contributed by atoms with Crippen LogP contribution in [0.2, 0.25) is 0 Å². The number of rotatable bonds is 1. The van der Waals surface area contributed by atoms with E-state index in [1.807, 2.05) is 11.3 Å². The zero-order valence-electron chi connectivity index (χ0n) is 7.31. The van der Waals surface area contributed by atoms with E-state index >= 15 is 0 Å². The van der Waals surface area contributed by atoms with E-state index in [0.717, 1.165) is 6.54 Å². The molecule has 0 unspecified atom stereocenters. The molecule has 0 aliphatic heterocycles. The highest BCUT2D eigenvalue weighted by atomic mass is 32.1. The van der Waals surface area contributed by atoms with Gasteiger partial charge in [0.05, 0.1) is 0 Å². The Morgan fingerprint density at radius 3 is 2.92 bits per heavy atom. The molecule has 0 saturated carbocycles. The summed E-state index contributed by atoms with van der Waals surface area (Å²) in [5.74, 6) is 0. The number of hydrogen-bond acceptors (Lipinski definition) is 2. The van der Waals surface area contributed by atoms with Crippen LogP contribution in [0.15, 0.2) is 5.38 Å². The third-order valence-corrected chi connectivity index (χ3v) is 3.76. The van der Waals surface area contributed by atoms with Gasteiger partial charge in [0, 0.05) is 11.4 Å². The highest BCUT2D eigenvalue weighted by Crippen LogP contribution is 2.28. The number of aryl methyl sites for hydroxylation is 1. The fourth-order valence-electron chi connectivity index (χ4n) is 1.91. The van der Waals surface area contributed by atoms with Gasteiger partial charge in [-0.3, -0.25) is 0 Å². The van der Waals surface area contributed by atoms with Crippen LogP contribution in [-0.4, -0.2) is 0 Å². The van der Waals surface area contributed by atoms with Crippen molar-refractivity contribution < 1.29 is 0 Å². The molecule has 2 heteroatoms. The predicted octanol–water partition coefficient (Wildman–Crippen LogP) is 2.48. The molecule has 1 aromatic heterocycles. The second-order valence-corrected chi connectivity index (χ2v) is 4.39. The second kappa shape index (κ2) is 3.58. The van der Waals surface area contributed by atoms with Crippen LogP contribution >= 0.6 is 11.3 Å². The van der Waals surface area contributed by atoms with Gasteiger partial charge in [0.25, 0.3) is 0 Å². The van der Waals surface area contributed by atoms with Crippen LogP contribution in [0.25, 0.3) is 0 Å². The average Bonchev–Trinajstić information content (AvgIpc) is 2.33. The third kappa shape index (κ3) is 1.41. The van der Waals surface area contributed by atoms with Gasteiger partial charge >= 0.3 is 0 Å². The molecular weight excluding hydrogens is 166 g/mol. The lowest BCUT2D eigenvalue weighted by molar-refractivity contribution is 0.711. The summed E-state index contributed by atoms with van der Waals surface area (Å²) >= 11 is 1.91. The van der Waals surface area contributed by atoms with E-state index in [-0.39, 0.29) is 0 Å². The van der Waals surface area contributed by atoms with E-state index in [4.69, 9.17) is 5.73 Å². The summed E-state index contributed by atoms with van der Waals surface area (Å²) in [6, 6.07) is 0. The number of nitrogens with two attached hydrogens (primary N) is 1. The minimum atomic E-state index is 0.728. The number of fused-ring (bicyclic) bond motifs is 1. The Morgan fingerprint density at radius 2 is 2.08 bits per heavy atom. The van der Waals surface area contributed by atoms with Crippen molar-refractivity contribution in [2.45, 2.75) is 38.6 Å². The summed E-state index contributed by atoms with van der Waals surface area (Å²) in [5.41, 5.74) is 8.66. The Bertz CT molecular complexity index is 265. The van der Waals surface area contributed by atoms with Crippen molar-refractivity contribution in [3.8, 4) is 0 Å². The second-order valence-electron chi connectivity index (χ2n) is 3.43. The zero-order chi connectivity index (χ0) is 8.39. The lowest BCUT2D eigenvalue weighted by atomic mass is 10.1. The van der Waals surface area contributed by atoms with Crippen LogP contribution in [0.4, 0.5) is 0 Å². The molecule has 0 saturated heterocycles. The van der Waals surface area contributed by atoms with Crippen LogP contribution in [-0.2, 0) is 19.4 Å². The van der Waals surface area contributed by atoms with Gasteiger partial charge in [0.2, 0.25) is 0 Å². The van der Waals surface area contributed by atoms with Gasteiger partial charge in [0.1, 0.15) is 0 Å². The van der Waals surface area contributed by atoms with Crippen molar-refractivity contribution in [2.24, 2.45) is 5.73 Å². The minimum Gasteiger partial charge on any atom is -0.326 e. The maximum Gasteiger partial charge on any atom is 0.0189 e. The van der Waals surface area contributed by atoms with Gasteiger partial charge in [-0.25, -0.2) is 0 Å². The fraction of sp³-hybridized carbons (Fsp3) is 0.600. The van der Waals surface area contributed by atoms with Gasteiger partial charge in [-0.15, -0.1) is 11.3 Å². The Kier molecular flexibility index (Phi) is 2.47. The summed E-state index contributed by atoms with van der Waals surface area (Å²) in [6.45, 7) is 0.728. The molecule has 0 atom stereocenters. The van der Waals surface area contributed by atoms with Crippen LogP contribution < -0.4 is 5.73 Å². The quantitative estimate of drug-likeness (QED) is 0.662. The molecule has 1 nitrogen and oxygen atoms in total. The molecule has 0 radical (unpaired) electrons. The van der Waals surface area contributed by atoms with E-state index < -0.39 is 0 Å². The fourth-order valence-corrected chi connectivity index (χ4v) is 3.07. The third-order valence-electron chi connectivity index (χ3n) is 2.62. The molecule has 12 heavy (non-hydrogen) atoms. The molecule has 0 fully saturated rings. The topological polar surface area (TPSA) is 26.0 Å². The summed E-state index contributed by atoms with van der Waals surface area (Å²) in [5, 5.41) is 2.25. The van der Waals surface area contributed by atoms with Crippen molar-refractivity contribution in [3.63, 3.8) is 0 Å². The highest BCUT2D eigenvalue weighted by Gasteiger charge is 2.12. The molecule has 0 amide bonds. The molecule has 2 N–H and O–H groups in total. The SMILES string of the molecule is NCc1csc2c1CCCCC2. The molecule has 1 heterocycles. The Labute approximate surface area is 77.6 Å². The lowest BCUT2D eigenvalue weighted by Crippen LogP contribution is -1.99. The Morgan fingerprint density at radius 1 is 1.25 bits per heavy atom. The smallest absolute Gasteiger partial charge is 0.0189 e. The van der Waals surface area contributed by atoms with Gasteiger partial charge in [-0.05, 0) is 42.2 Å². The summed E-state index contributed by atoms with van der Waals surface area (Å²) < 4.78 is 0. The first-order valence-electron chi connectivity index (χ1n) is 4.70. The van der Waals surface area contributed by atoms with Crippen molar-refractivity contribution in [3.05, 3.63) is 21.4 Å². The normalized spacial score (nSPS) is 17.1. The molecule has 1 aromatic rings. The molecule has 0 aromatic carbocycles. The lowest BCUT2D eigenvalue weighted by Gasteiger charge is -2.00. The first-order valence-corrected chi connectivity index (χ1v) is 5.58. The van der Waals surface area contributed by atoms with E-state index in [0.29, 0.717) is 0 Å². The van der Waals surface area contributed by atoms with Crippen LogP contribution in [0.3, 0.4) is 0 Å². The minimum absolute atomic E-state index is 0.728. The number of hydrogen-bond donors (Lipinski definition) is 1. The van der Waals surface area contributed by atoms with E-state index in [1.165, 1.54) is 37.7 Å². The highest BCUT2D eigenvalue weighted by molar-refractivity contribution is 7.10. The van der Waals surface area contributed by atoms with Crippen molar-refractivity contribution in [1.82, 2.24) is 0 Å². The standard InChI is InChI=1S/C10H15NS/c11-6-8-7-12-10-5-3-1-2-4-9(8)10/h7H,1-6,11H2. The first-order chi connectivity index (χ1) is 5.92. The van der Waals surface area contributed by atoms with Gasteiger partial charge < -0.3 is 5.73 Å². The van der Waals surface area contributed by atoms with Crippen LogP contribution in [0, 0.1) is 0 Å². The van der Waals surface area contributed by atoms with E-state index in [9.17, 15) is 0 Å². The molecule has 66 valence electrons. The van der Waals surface area contributed by atoms with Gasteiger partial charge in [0.15, 0.2) is 0 Å². The van der Waals surface area contributed by atoms with Crippen LogP contribution in [0.5, 0.6) is 0 Å². The van der Waals surface area contributed by atoms with Crippen molar-refractivity contribution >= 4 is 11.3 Å². The summed E-state index contributed by atoms with van der Waals surface area (Å²) in [6.07, 6.45) is 6.69.